The molecule has 0 saturated heterocycles. The van der Waals surface area contributed by atoms with Crippen LogP contribution >= 0.6 is 10.0 Å². The molecule has 0 aromatic heterocycles. The predicted octanol–water partition coefficient (Wildman–Crippen LogP) is 5.49. The molecular weight excluding hydrogens is 274 g/mol. The van der Waals surface area contributed by atoms with Gasteiger partial charge in [-0.15, -0.1) is 0 Å². The van der Waals surface area contributed by atoms with E-state index < -0.39 is 10.0 Å². The Balaban J connectivity index is 3.15. The average Bonchev–Trinajstić information content (AvgIpc) is 2.40. The quantitative estimate of drug-likeness (QED) is 0.628. The molecule has 0 fully saturated rings. The Morgan fingerprint density at radius 1 is 1.24 bits per heavy atom. The van der Waals surface area contributed by atoms with Crippen LogP contribution in [0.25, 0.3) is 0 Å². The lowest BCUT2D eigenvalue weighted by atomic mass is 10.00. The first-order chi connectivity index (χ1) is 9.77. The Morgan fingerprint density at radius 2 is 1.86 bits per heavy atom. The van der Waals surface area contributed by atoms with Gasteiger partial charge in [0.1, 0.15) is 0 Å². The molecule has 0 aliphatic carbocycles. The van der Waals surface area contributed by atoms with Crippen LogP contribution in [0.4, 0.5) is 0 Å². The summed E-state index contributed by atoms with van der Waals surface area (Å²) in [6, 6.07) is 8.99. The number of aryl methyl sites for hydroxylation is 1. The maximum absolute atomic E-state index is 2.35. The van der Waals surface area contributed by atoms with Gasteiger partial charge in [-0.3, -0.25) is 0 Å². The van der Waals surface area contributed by atoms with Crippen LogP contribution in [-0.4, -0.2) is 30.7 Å². The minimum atomic E-state index is -0.649. The Bertz CT molecular complexity index is 509. The molecule has 0 bridgehead atoms. The van der Waals surface area contributed by atoms with Gasteiger partial charge < -0.3 is 4.90 Å². The van der Waals surface area contributed by atoms with Gasteiger partial charge in [0, 0.05) is 13.2 Å². The molecule has 0 heterocycles. The van der Waals surface area contributed by atoms with Crippen LogP contribution in [-0.2, 0) is 0 Å². The second-order valence-electron chi connectivity index (χ2n) is 6.38. The van der Waals surface area contributed by atoms with E-state index >= 15 is 0 Å². The fraction of sp³-hybridized carbons (Fsp3) is 0.474. The molecule has 1 rings (SSSR count). The maximum atomic E-state index is 2.35. The summed E-state index contributed by atoms with van der Waals surface area (Å²) in [6.07, 6.45) is 15.0. The van der Waals surface area contributed by atoms with E-state index in [0.717, 1.165) is 6.42 Å². The van der Waals surface area contributed by atoms with E-state index in [0.29, 0.717) is 6.04 Å². The fourth-order valence-electron chi connectivity index (χ4n) is 2.17. The predicted molar refractivity (Wildman–Crippen MR) is 100 cm³/mol. The zero-order valence-corrected chi connectivity index (χ0v) is 15.5. The van der Waals surface area contributed by atoms with Crippen molar-refractivity contribution < 1.29 is 0 Å². The lowest BCUT2D eigenvalue weighted by Crippen LogP contribution is -2.19. The van der Waals surface area contributed by atoms with Gasteiger partial charge in [-0.25, -0.2) is 10.0 Å². The highest BCUT2D eigenvalue weighted by molar-refractivity contribution is 8.35. The highest BCUT2D eigenvalue weighted by atomic mass is 32.3. The lowest BCUT2D eigenvalue weighted by Gasteiger charge is -2.32. The summed E-state index contributed by atoms with van der Waals surface area (Å²) in [5.74, 6) is 0. The van der Waals surface area contributed by atoms with E-state index in [1.807, 2.05) is 0 Å². The first kappa shape index (κ1) is 17.9. The third-order valence-corrected chi connectivity index (χ3v) is 5.89. The molecule has 0 radical (unpaired) electrons. The molecule has 0 aliphatic rings. The fourth-order valence-corrected chi connectivity index (χ4v) is 2.65. The van der Waals surface area contributed by atoms with Crippen molar-refractivity contribution in [3.8, 4) is 0 Å². The molecule has 0 aliphatic heterocycles. The normalized spacial score (nSPS) is 15.3. The standard InChI is InChI=1S/C19H31NS/c1-8-9-14-19(18-13-11-10-12-16(18)2)20(4)15-17(3)21(5,6)7/h9-15,19H,8H2,1-7H3/b14-9+,17-15+. The summed E-state index contributed by atoms with van der Waals surface area (Å²) < 4.78 is 0. The van der Waals surface area contributed by atoms with Gasteiger partial charge >= 0.3 is 0 Å². The van der Waals surface area contributed by atoms with Gasteiger partial charge in [0.05, 0.1) is 6.04 Å². The highest BCUT2D eigenvalue weighted by Crippen LogP contribution is 2.44. The molecule has 0 amide bonds. The van der Waals surface area contributed by atoms with Gasteiger partial charge in [-0.05, 0) is 55.1 Å². The van der Waals surface area contributed by atoms with Gasteiger partial charge in [-0.2, -0.15) is 0 Å². The Labute approximate surface area is 133 Å². The van der Waals surface area contributed by atoms with Crippen molar-refractivity contribution in [1.29, 1.82) is 0 Å². The summed E-state index contributed by atoms with van der Waals surface area (Å²) in [4.78, 5) is 3.83. The van der Waals surface area contributed by atoms with Crippen LogP contribution in [0, 0.1) is 6.92 Å². The van der Waals surface area contributed by atoms with Gasteiger partial charge in [-0.1, -0.05) is 43.3 Å². The summed E-state index contributed by atoms with van der Waals surface area (Å²) in [6.45, 7) is 6.64. The van der Waals surface area contributed by atoms with Crippen molar-refractivity contribution in [1.82, 2.24) is 4.90 Å². The van der Waals surface area contributed by atoms with Gasteiger partial charge in [0.15, 0.2) is 0 Å². The summed E-state index contributed by atoms with van der Waals surface area (Å²) >= 11 is 0. The zero-order chi connectivity index (χ0) is 16.0. The minimum Gasteiger partial charge on any atom is -0.369 e. The summed E-state index contributed by atoms with van der Waals surface area (Å²) in [5, 5.41) is 0. The Morgan fingerprint density at radius 3 is 2.38 bits per heavy atom. The van der Waals surface area contributed by atoms with Gasteiger partial charge in [0.2, 0.25) is 0 Å². The number of hydrogen-bond acceptors (Lipinski definition) is 1. The zero-order valence-electron chi connectivity index (χ0n) is 14.7. The molecule has 0 spiro atoms. The number of benzene rings is 1. The van der Waals surface area contributed by atoms with E-state index in [2.05, 4.69) is 94.1 Å². The van der Waals surface area contributed by atoms with Crippen molar-refractivity contribution in [2.75, 3.05) is 25.8 Å². The van der Waals surface area contributed by atoms with Crippen molar-refractivity contribution in [2.45, 2.75) is 33.2 Å². The van der Waals surface area contributed by atoms with Crippen molar-refractivity contribution >= 4 is 10.0 Å². The Kier molecular flexibility index (Phi) is 6.60. The molecule has 1 aromatic rings. The molecule has 1 unspecified atom stereocenters. The second-order valence-corrected chi connectivity index (χ2v) is 10.7. The van der Waals surface area contributed by atoms with Crippen molar-refractivity contribution in [2.24, 2.45) is 0 Å². The second kappa shape index (κ2) is 7.74. The monoisotopic (exact) mass is 305 g/mol. The number of likely N-dealkylation sites (N-methyl/N-ethyl adjacent to an activating group) is 1. The molecule has 0 N–H and O–H groups in total. The largest absolute Gasteiger partial charge is 0.369 e. The number of allylic oxidation sites excluding steroid dienone is 2. The number of hydrogen-bond donors (Lipinski definition) is 0. The average molecular weight is 306 g/mol. The van der Waals surface area contributed by atoms with Crippen molar-refractivity contribution in [3.05, 3.63) is 58.6 Å². The molecule has 1 atom stereocenters. The van der Waals surface area contributed by atoms with Crippen LogP contribution in [0.1, 0.15) is 37.4 Å². The first-order valence-electron chi connectivity index (χ1n) is 7.58. The van der Waals surface area contributed by atoms with Crippen LogP contribution in [0.15, 0.2) is 47.5 Å². The van der Waals surface area contributed by atoms with Crippen LogP contribution in [0.3, 0.4) is 0 Å². The third kappa shape index (κ3) is 5.28. The molecule has 1 nitrogen and oxygen atoms in total. The van der Waals surface area contributed by atoms with Gasteiger partial charge in [0.25, 0.3) is 0 Å². The van der Waals surface area contributed by atoms with E-state index in [1.165, 1.54) is 16.0 Å². The molecule has 1 aromatic carbocycles. The summed E-state index contributed by atoms with van der Waals surface area (Å²) in [7, 11) is 1.54. The number of nitrogens with zero attached hydrogens (tertiary/aromatic N) is 1. The Hall–Kier alpha value is -1.15. The third-order valence-electron chi connectivity index (χ3n) is 3.85. The molecule has 118 valence electrons. The molecule has 2 heteroatoms. The molecular formula is C19H31NS. The van der Waals surface area contributed by atoms with E-state index in [4.69, 9.17) is 0 Å². The van der Waals surface area contributed by atoms with Crippen molar-refractivity contribution in [3.63, 3.8) is 0 Å². The SMILES string of the molecule is CC/C=C/C(c1ccccc1C)N(C)/C=C(\C)S(C)(C)C. The summed E-state index contributed by atoms with van der Waals surface area (Å²) in [5.41, 5.74) is 2.74. The minimum absolute atomic E-state index is 0.308. The molecule has 0 saturated carbocycles. The smallest absolute Gasteiger partial charge is 0.0720 e. The maximum Gasteiger partial charge on any atom is 0.0720 e. The van der Waals surface area contributed by atoms with E-state index in [9.17, 15) is 0 Å². The molecule has 21 heavy (non-hydrogen) atoms. The van der Waals surface area contributed by atoms with Crippen LogP contribution in [0.2, 0.25) is 0 Å². The first-order valence-corrected chi connectivity index (χ1v) is 10.4. The topological polar surface area (TPSA) is 3.24 Å². The van der Waals surface area contributed by atoms with Crippen LogP contribution in [0.5, 0.6) is 0 Å². The van der Waals surface area contributed by atoms with Crippen LogP contribution < -0.4 is 0 Å². The highest BCUT2D eigenvalue weighted by Gasteiger charge is 2.15. The lowest BCUT2D eigenvalue weighted by molar-refractivity contribution is 0.391. The van der Waals surface area contributed by atoms with E-state index in [-0.39, 0.29) is 0 Å². The van der Waals surface area contributed by atoms with E-state index in [1.54, 1.807) is 0 Å². The number of rotatable bonds is 6.